The molecule has 0 fully saturated rings. The summed E-state index contributed by atoms with van der Waals surface area (Å²) >= 11 is 11.8. The fourth-order valence-electron chi connectivity index (χ4n) is 1.68. The molecule has 1 aromatic heterocycles. The second-order valence-corrected chi connectivity index (χ2v) is 4.92. The van der Waals surface area contributed by atoms with Crippen molar-refractivity contribution in [1.29, 1.82) is 0 Å². The summed E-state index contributed by atoms with van der Waals surface area (Å²) in [7, 11) is 0. The minimum atomic E-state index is -0.497. The number of anilines is 3. The third-order valence-corrected chi connectivity index (χ3v) is 3.35. The molecule has 0 radical (unpaired) electrons. The highest BCUT2D eigenvalue weighted by atomic mass is 35.5. The zero-order valence-corrected chi connectivity index (χ0v) is 12.6. The molecule has 6 nitrogen and oxygen atoms in total. The third-order valence-electron chi connectivity index (χ3n) is 2.61. The van der Waals surface area contributed by atoms with Crippen molar-refractivity contribution in [2.75, 3.05) is 17.2 Å². The van der Waals surface area contributed by atoms with Crippen LogP contribution in [0.3, 0.4) is 0 Å². The number of pyridine rings is 1. The van der Waals surface area contributed by atoms with Crippen LogP contribution in [0.1, 0.15) is 6.92 Å². The molecular formula is C13H12Cl2N4O2. The van der Waals surface area contributed by atoms with Gasteiger partial charge < -0.3 is 10.6 Å². The first-order valence-corrected chi connectivity index (χ1v) is 6.88. The van der Waals surface area contributed by atoms with E-state index in [0.29, 0.717) is 28.1 Å². The normalized spacial score (nSPS) is 10.2. The highest BCUT2D eigenvalue weighted by Gasteiger charge is 2.16. The summed E-state index contributed by atoms with van der Waals surface area (Å²) in [6.45, 7) is 2.58. The average Bonchev–Trinajstić information content (AvgIpc) is 2.43. The first kappa shape index (κ1) is 15.3. The van der Waals surface area contributed by atoms with Gasteiger partial charge >= 0.3 is 5.69 Å². The maximum Gasteiger partial charge on any atom is 0.311 e. The largest absolute Gasteiger partial charge is 0.370 e. The molecule has 0 saturated carbocycles. The standard InChI is InChI=1S/C13H12Cl2N4O2/c1-2-16-12-6-5-11(19(20)21)13(18-12)17-8-3-4-9(14)10(15)7-8/h3-7H,2H2,1H3,(H2,16,17,18). The molecule has 8 heteroatoms. The van der Waals surface area contributed by atoms with Crippen LogP contribution in [0.15, 0.2) is 30.3 Å². The lowest BCUT2D eigenvalue weighted by molar-refractivity contribution is -0.384. The fourth-order valence-corrected chi connectivity index (χ4v) is 1.98. The van der Waals surface area contributed by atoms with Crippen molar-refractivity contribution < 1.29 is 4.92 Å². The highest BCUT2D eigenvalue weighted by molar-refractivity contribution is 6.42. The van der Waals surface area contributed by atoms with Crippen molar-refractivity contribution >= 4 is 46.2 Å². The Morgan fingerprint density at radius 3 is 2.62 bits per heavy atom. The van der Waals surface area contributed by atoms with E-state index in [2.05, 4.69) is 15.6 Å². The molecule has 0 aliphatic carbocycles. The van der Waals surface area contributed by atoms with E-state index >= 15 is 0 Å². The van der Waals surface area contributed by atoms with Crippen LogP contribution in [0.4, 0.5) is 23.0 Å². The first-order chi connectivity index (χ1) is 10.0. The van der Waals surface area contributed by atoms with Crippen LogP contribution in [-0.2, 0) is 0 Å². The fraction of sp³-hybridized carbons (Fsp3) is 0.154. The van der Waals surface area contributed by atoms with E-state index < -0.39 is 4.92 Å². The molecule has 0 atom stereocenters. The van der Waals surface area contributed by atoms with E-state index in [1.807, 2.05) is 6.92 Å². The third kappa shape index (κ3) is 3.74. The highest BCUT2D eigenvalue weighted by Crippen LogP contribution is 2.30. The molecule has 2 rings (SSSR count). The summed E-state index contributed by atoms with van der Waals surface area (Å²) in [6.07, 6.45) is 0. The van der Waals surface area contributed by atoms with Gasteiger partial charge in [-0.05, 0) is 31.2 Å². The van der Waals surface area contributed by atoms with Crippen molar-refractivity contribution in [2.45, 2.75) is 6.92 Å². The average molecular weight is 327 g/mol. The van der Waals surface area contributed by atoms with Gasteiger partial charge in [0.25, 0.3) is 0 Å². The predicted molar refractivity (Wildman–Crippen MR) is 84.8 cm³/mol. The molecule has 2 N–H and O–H groups in total. The van der Waals surface area contributed by atoms with E-state index in [1.54, 1.807) is 24.3 Å². The lowest BCUT2D eigenvalue weighted by Gasteiger charge is -2.09. The summed E-state index contributed by atoms with van der Waals surface area (Å²) in [5.74, 6) is 0.683. The Labute approximate surface area is 131 Å². The van der Waals surface area contributed by atoms with Gasteiger partial charge in [0.2, 0.25) is 5.82 Å². The topological polar surface area (TPSA) is 80.1 Å². The zero-order chi connectivity index (χ0) is 15.4. The number of hydrogen-bond donors (Lipinski definition) is 2. The van der Waals surface area contributed by atoms with Gasteiger partial charge in [-0.2, -0.15) is 0 Å². The van der Waals surface area contributed by atoms with Gasteiger partial charge in [0.15, 0.2) is 0 Å². The Bertz CT molecular complexity index is 679. The molecule has 0 aliphatic rings. The van der Waals surface area contributed by atoms with Gasteiger partial charge in [0.1, 0.15) is 5.82 Å². The van der Waals surface area contributed by atoms with Crippen molar-refractivity contribution in [1.82, 2.24) is 4.98 Å². The van der Waals surface area contributed by atoms with Gasteiger partial charge in [0.05, 0.1) is 15.0 Å². The summed E-state index contributed by atoms with van der Waals surface area (Å²) in [6, 6.07) is 7.80. The number of hydrogen-bond acceptors (Lipinski definition) is 5. The molecule has 110 valence electrons. The molecule has 1 aromatic carbocycles. The smallest absolute Gasteiger partial charge is 0.311 e. The van der Waals surface area contributed by atoms with Crippen LogP contribution in [-0.4, -0.2) is 16.5 Å². The van der Waals surface area contributed by atoms with Crippen molar-refractivity contribution in [3.63, 3.8) is 0 Å². The van der Waals surface area contributed by atoms with Crippen molar-refractivity contribution in [3.8, 4) is 0 Å². The number of rotatable bonds is 5. The van der Waals surface area contributed by atoms with Crippen LogP contribution in [0.25, 0.3) is 0 Å². The first-order valence-electron chi connectivity index (χ1n) is 6.12. The molecule has 0 unspecified atom stereocenters. The molecule has 1 heterocycles. The van der Waals surface area contributed by atoms with E-state index in [1.165, 1.54) is 6.07 Å². The summed E-state index contributed by atoms with van der Waals surface area (Å²) in [5.41, 5.74) is 0.441. The van der Waals surface area contributed by atoms with Gasteiger partial charge in [-0.25, -0.2) is 4.98 Å². The SMILES string of the molecule is CCNc1ccc([N+](=O)[O-])c(Nc2ccc(Cl)c(Cl)c2)n1. The molecular weight excluding hydrogens is 315 g/mol. The number of nitrogens with one attached hydrogen (secondary N) is 2. The minimum absolute atomic E-state index is 0.122. The Balaban J connectivity index is 2.37. The Hall–Kier alpha value is -2.05. The number of aromatic nitrogens is 1. The number of nitro groups is 1. The second kappa shape index (κ2) is 6.60. The summed E-state index contributed by atoms with van der Waals surface area (Å²) < 4.78 is 0. The maximum atomic E-state index is 11.1. The van der Waals surface area contributed by atoms with Crippen LogP contribution >= 0.6 is 23.2 Å². The monoisotopic (exact) mass is 326 g/mol. The van der Waals surface area contributed by atoms with Crippen molar-refractivity contribution in [3.05, 3.63) is 50.5 Å². The Kier molecular flexibility index (Phi) is 4.82. The molecule has 0 spiro atoms. The number of halogens is 2. The Morgan fingerprint density at radius 1 is 1.24 bits per heavy atom. The molecule has 0 bridgehead atoms. The number of nitrogens with zero attached hydrogens (tertiary/aromatic N) is 2. The number of benzene rings is 1. The van der Waals surface area contributed by atoms with Crippen LogP contribution in [0.5, 0.6) is 0 Å². The van der Waals surface area contributed by atoms with Gasteiger partial charge in [0, 0.05) is 18.3 Å². The van der Waals surface area contributed by atoms with Crippen LogP contribution in [0, 0.1) is 10.1 Å². The van der Waals surface area contributed by atoms with Crippen molar-refractivity contribution in [2.24, 2.45) is 0 Å². The van der Waals surface area contributed by atoms with Gasteiger partial charge in [-0.1, -0.05) is 23.2 Å². The lowest BCUT2D eigenvalue weighted by Crippen LogP contribution is -2.04. The molecule has 0 saturated heterocycles. The van der Waals surface area contributed by atoms with Crippen LogP contribution in [0.2, 0.25) is 10.0 Å². The molecule has 21 heavy (non-hydrogen) atoms. The van der Waals surface area contributed by atoms with E-state index in [-0.39, 0.29) is 11.5 Å². The van der Waals surface area contributed by atoms with Crippen LogP contribution < -0.4 is 10.6 Å². The predicted octanol–water partition coefficient (Wildman–Crippen LogP) is 4.47. The van der Waals surface area contributed by atoms with E-state index in [9.17, 15) is 10.1 Å². The Morgan fingerprint density at radius 2 is 2.00 bits per heavy atom. The quantitative estimate of drug-likeness (QED) is 0.625. The lowest BCUT2D eigenvalue weighted by atomic mass is 10.3. The van der Waals surface area contributed by atoms with E-state index in [4.69, 9.17) is 23.2 Å². The second-order valence-electron chi connectivity index (χ2n) is 4.11. The minimum Gasteiger partial charge on any atom is -0.370 e. The van der Waals surface area contributed by atoms with E-state index in [0.717, 1.165) is 0 Å². The zero-order valence-electron chi connectivity index (χ0n) is 11.1. The molecule has 2 aromatic rings. The summed E-state index contributed by atoms with van der Waals surface area (Å²) in [5, 5.41) is 17.7. The van der Waals surface area contributed by atoms with Gasteiger partial charge in [-0.3, -0.25) is 10.1 Å². The van der Waals surface area contributed by atoms with Gasteiger partial charge in [-0.15, -0.1) is 0 Å². The maximum absolute atomic E-state index is 11.1. The molecule has 0 aliphatic heterocycles. The molecule has 0 amide bonds. The summed E-state index contributed by atoms with van der Waals surface area (Å²) in [4.78, 5) is 14.8.